The third kappa shape index (κ3) is 8.18. The molecule has 0 radical (unpaired) electrons. The number of sulfonamides is 1. The molecule has 1 aromatic carbocycles. The molecule has 2 aromatic rings. The van der Waals surface area contributed by atoms with Crippen LogP contribution in [0.2, 0.25) is 0 Å². The van der Waals surface area contributed by atoms with Crippen molar-refractivity contribution in [1.82, 2.24) is 20.3 Å². The number of hydrogen-bond donors (Lipinski definition) is 3. The number of nitrogens with zero attached hydrogens (tertiary/aromatic N) is 2. The first-order chi connectivity index (χ1) is 12.5. The summed E-state index contributed by atoms with van der Waals surface area (Å²) in [5.74, 6) is 0.306. The Kier molecular flexibility index (Phi) is 10.2. The van der Waals surface area contributed by atoms with Gasteiger partial charge in [-0.2, -0.15) is 0 Å². The van der Waals surface area contributed by atoms with Crippen molar-refractivity contribution in [3.05, 3.63) is 60.2 Å². The van der Waals surface area contributed by atoms with Crippen molar-refractivity contribution in [3.8, 4) is 0 Å². The molecule has 0 aliphatic heterocycles. The molecule has 1 aromatic heterocycles. The third-order valence-corrected chi connectivity index (χ3v) is 4.94. The summed E-state index contributed by atoms with van der Waals surface area (Å²) in [6, 6.07) is 9.38. The van der Waals surface area contributed by atoms with Gasteiger partial charge in [-0.25, -0.2) is 17.5 Å². The minimum Gasteiger partial charge on any atom is -0.356 e. The Hall–Kier alpha value is -1.79. The van der Waals surface area contributed by atoms with Gasteiger partial charge in [-0.1, -0.05) is 12.1 Å². The van der Waals surface area contributed by atoms with E-state index in [4.69, 9.17) is 0 Å². The molecular formula is C17H23FIN5O2S. The van der Waals surface area contributed by atoms with Gasteiger partial charge in [0, 0.05) is 39.1 Å². The normalized spacial score (nSPS) is 11.6. The molecule has 0 unspecified atom stereocenters. The monoisotopic (exact) mass is 507 g/mol. The number of halogens is 2. The zero-order valence-corrected chi connectivity index (χ0v) is 18.0. The SMILES string of the molecule is CN=C(NCCNS(=O)(=O)c1cccnc1)NCCc1ccc(F)cc1.I. The standard InChI is InChI=1S/C17H22FN5O2S.HI/c1-19-17(21-10-8-14-4-6-15(18)7-5-14)22-11-12-23-26(24,25)16-3-2-9-20-13-16;/h2-7,9,13,23H,8,10-12H2,1H3,(H2,19,21,22);1H. The van der Waals surface area contributed by atoms with Crippen LogP contribution < -0.4 is 15.4 Å². The highest BCUT2D eigenvalue weighted by molar-refractivity contribution is 14.0. The maximum absolute atomic E-state index is 12.9. The maximum Gasteiger partial charge on any atom is 0.242 e. The van der Waals surface area contributed by atoms with E-state index < -0.39 is 10.0 Å². The molecule has 10 heteroatoms. The first-order valence-corrected chi connectivity index (χ1v) is 9.58. The fourth-order valence-corrected chi connectivity index (χ4v) is 3.15. The van der Waals surface area contributed by atoms with Gasteiger partial charge in [-0.05, 0) is 36.2 Å². The zero-order valence-electron chi connectivity index (χ0n) is 14.9. The fourth-order valence-electron chi connectivity index (χ4n) is 2.15. The molecule has 0 spiro atoms. The van der Waals surface area contributed by atoms with Gasteiger partial charge in [0.25, 0.3) is 0 Å². The second-order valence-electron chi connectivity index (χ2n) is 5.39. The van der Waals surface area contributed by atoms with E-state index >= 15 is 0 Å². The van der Waals surface area contributed by atoms with E-state index in [-0.39, 0.29) is 41.2 Å². The van der Waals surface area contributed by atoms with Crippen molar-refractivity contribution >= 4 is 40.0 Å². The second-order valence-corrected chi connectivity index (χ2v) is 7.16. The molecule has 27 heavy (non-hydrogen) atoms. The summed E-state index contributed by atoms with van der Waals surface area (Å²) >= 11 is 0. The molecule has 0 bridgehead atoms. The lowest BCUT2D eigenvalue weighted by molar-refractivity contribution is 0.580. The van der Waals surface area contributed by atoms with E-state index in [1.165, 1.54) is 30.6 Å². The molecule has 148 valence electrons. The van der Waals surface area contributed by atoms with E-state index in [1.807, 2.05) is 0 Å². The highest BCUT2D eigenvalue weighted by Crippen LogP contribution is 2.04. The molecule has 3 N–H and O–H groups in total. The Labute approximate surface area is 176 Å². The third-order valence-electron chi connectivity index (χ3n) is 3.50. The van der Waals surface area contributed by atoms with Crippen LogP contribution in [-0.2, 0) is 16.4 Å². The highest BCUT2D eigenvalue weighted by Gasteiger charge is 2.12. The van der Waals surface area contributed by atoms with Crippen LogP contribution in [0.1, 0.15) is 5.56 Å². The molecule has 0 aliphatic rings. The van der Waals surface area contributed by atoms with Crippen LogP contribution in [0.4, 0.5) is 4.39 Å². The van der Waals surface area contributed by atoms with Crippen LogP contribution in [0.25, 0.3) is 0 Å². The Morgan fingerprint density at radius 2 is 1.81 bits per heavy atom. The van der Waals surface area contributed by atoms with Crippen molar-refractivity contribution in [3.63, 3.8) is 0 Å². The number of guanidine groups is 1. The summed E-state index contributed by atoms with van der Waals surface area (Å²) < 4.78 is 39.4. The summed E-state index contributed by atoms with van der Waals surface area (Å²) in [6.07, 6.45) is 3.53. The molecule has 7 nitrogen and oxygen atoms in total. The molecule has 0 amide bonds. The quantitative estimate of drug-likeness (QED) is 0.218. The molecule has 2 rings (SSSR count). The van der Waals surface area contributed by atoms with E-state index in [2.05, 4.69) is 25.3 Å². The van der Waals surface area contributed by atoms with Crippen LogP contribution in [0.5, 0.6) is 0 Å². The topological polar surface area (TPSA) is 95.5 Å². The molecule has 0 atom stereocenters. The van der Waals surface area contributed by atoms with Crippen molar-refractivity contribution in [2.45, 2.75) is 11.3 Å². The van der Waals surface area contributed by atoms with Crippen molar-refractivity contribution in [2.75, 3.05) is 26.7 Å². The van der Waals surface area contributed by atoms with Gasteiger partial charge in [0.2, 0.25) is 10.0 Å². The van der Waals surface area contributed by atoms with E-state index in [0.29, 0.717) is 25.5 Å². The van der Waals surface area contributed by atoms with Crippen LogP contribution in [0, 0.1) is 5.82 Å². The number of aliphatic imine (C=N–C) groups is 1. The molecule has 0 saturated heterocycles. The average Bonchev–Trinajstić information content (AvgIpc) is 2.66. The zero-order chi connectivity index (χ0) is 18.8. The second kappa shape index (κ2) is 11.8. The smallest absolute Gasteiger partial charge is 0.242 e. The number of benzene rings is 1. The number of hydrogen-bond acceptors (Lipinski definition) is 4. The van der Waals surface area contributed by atoms with Crippen LogP contribution in [0.15, 0.2) is 58.7 Å². The van der Waals surface area contributed by atoms with Crippen LogP contribution in [0.3, 0.4) is 0 Å². The van der Waals surface area contributed by atoms with Crippen LogP contribution in [-0.4, -0.2) is 46.0 Å². The van der Waals surface area contributed by atoms with E-state index in [0.717, 1.165) is 5.56 Å². The Balaban J connectivity index is 0.00000364. The number of nitrogens with one attached hydrogen (secondary N) is 3. The molecule has 1 heterocycles. The first kappa shape index (κ1) is 23.2. The lowest BCUT2D eigenvalue weighted by Gasteiger charge is -2.12. The number of aromatic nitrogens is 1. The van der Waals surface area contributed by atoms with Gasteiger partial charge in [0.05, 0.1) is 0 Å². The highest BCUT2D eigenvalue weighted by atomic mass is 127. The van der Waals surface area contributed by atoms with Gasteiger partial charge < -0.3 is 10.6 Å². The van der Waals surface area contributed by atoms with E-state index in [9.17, 15) is 12.8 Å². The van der Waals surface area contributed by atoms with Gasteiger partial charge in [0.1, 0.15) is 10.7 Å². The molecule has 0 saturated carbocycles. The fraction of sp³-hybridized carbons (Fsp3) is 0.294. The molecular weight excluding hydrogens is 484 g/mol. The van der Waals surface area contributed by atoms with Gasteiger partial charge in [-0.3, -0.25) is 9.98 Å². The summed E-state index contributed by atoms with van der Waals surface area (Å²) in [5, 5.41) is 6.14. The van der Waals surface area contributed by atoms with Gasteiger partial charge >= 0.3 is 0 Å². The summed E-state index contributed by atoms with van der Waals surface area (Å²) in [5.41, 5.74) is 1.01. The van der Waals surface area contributed by atoms with Crippen LogP contribution >= 0.6 is 24.0 Å². The van der Waals surface area contributed by atoms with E-state index in [1.54, 1.807) is 25.2 Å². The lowest BCUT2D eigenvalue weighted by atomic mass is 10.1. The predicted molar refractivity (Wildman–Crippen MR) is 114 cm³/mol. The Bertz CT molecular complexity index is 817. The molecule has 0 fully saturated rings. The largest absolute Gasteiger partial charge is 0.356 e. The maximum atomic E-state index is 12.9. The minimum absolute atomic E-state index is 0. The van der Waals surface area contributed by atoms with Gasteiger partial charge in [0.15, 0.2) is 5.96 Å². The summed E-state index contributed by atoms with van der Waals surface area (Å²) in [6.45, 7) is 1.19. The number of pyridine rings is 1. The van der Waals surface area contributed by atoms with Crippen molar-refractivity contribution in [1.29, 1.82) is 0 Å². The predicted octanol–water partition coefficient (Wildman–Crippen LogP) is 1.52. The van der Waals surface area contributed by atoms with Crippen molar-refractivity contribution < 1.29 is 12.8 Å². The van der Waals surface area contributed by atoms with Gasteiger partial charge in [-0.15, -0.1) is 24.0 Å². The molecule has 0 aliphatic carbocycles. The Morgan fingerprint density at radius 3 is 2.44 bits per heavy atom. The minimum atomic E-state index is -3.56. The summed E-state index contributed by atoms with van der Waals surface area (Å²) in [4.78, 5) is 8.00. The average molecular weight is 507 g/mol. The lowest BCUT2D eigenvalue weighted by Crippen LogP contribution is -2.42. The summed E-state index contributed by atoms with van der Waals surface area (Å²) in [7, 11) is -1.93. The number of rotatable bonds is 8. The Morgan fingerprint density at radius 1 is 1.11 bits per heavy atom. The first-order valence-electron chi connectivity index (χ1n) is 8.10. The van der Waals surface area contributed by atoms with Crippen molar-refractivity contribution in [2.24, 2.45) is 4.99 Å².